The number of esters is 1. The van der Waals surface area contributed by atoms with E-state index in [-0.39, 0.29) is 11.9 Å². The van der Waals surface area contributed by atoms with Crippen LogP contribution in [-0.2, 0) is 19.9 Å². The maximum atomic E-state index is 12.5. The second kappa shape index (κ2) is 8.53. The second-order valence-electron chi connectivity index (χ2n) is 5.14. The van der Waals surface area contributed by atoms with Gasteiger partial charge in [-0.25, -0.2) is 0 Å². The highest BCUT2D eigenvalue weighted by Gasteiger charge is 2.39. The Bertz CT molecular complexity index is 451. The SMILES string of the molecule is O=C(OC1(c2ccccc2)CCOCC1)C(CBr)C[B]I. The first-order valence-electron chi connectivity index (χ1n) is 7.06. The molecule has 0 aliphatic carbocycles. The van der Waals surface area contributed by atoms with E-state index in [1.807, 2.05) is 35.5 Å². The van der Waals surface area contributed by atoms with Crippen LogP contribution in [0.4, 0.5) is 0 Å². The molecule has 1 radical (unpaired) electrons. The van der Waals surface area contributed by atoms with Gasteiger partial charge in [-0.05, 0) is 5.56 Å². The van der Waals surface area contributed by atoms with E-state index in [1.54, 1.807) is 0 Å². The van der Waals surface area contributed by atoms with Crippen LogP contribution in [0.15, 0.2) is 30.3 Å². The Morgan fingerprint density at radius 2 is 2.05 bits per heavy atom. The van der Waals surface area contributed by atoms with Crippen molar-refractivity contribution in [3.05, 3.63) is 35.9 Å². The Balaban J connectivity index is 2.19. The maximum absolute atomic E-state index is 12.5. The van der Waals surface area contributed by atoms with Crippen molar-refractivity contribution >= 4 is 49.4 Å². The van der Waals surface area contributed by atoms with Crippen LogP contribution < -0.4 is 0 Å². The molecule has 0 aromatic heterocycles. The Hall–Kier alpha value is -0.0751. The van der Waals surface area contributed by atoms with Crippen LogP contribution in [0.1, 0.15) is 18.4 Å². The number of benzene rings is 1. The lowest BCUT2D eigenvalue weighted by Gasteiger charge is -2.38. The second-order valence-corrected chi connectivity index (χ2v) is 6.66. The van der Waals surface area contributed by atoms with E-state index < -0.39 is 5.60 Å². The highest BCUT2D eigenvalue weighted by molar-refractivity contribution is 14.1. The van der Waals surface area contributed by atoms with E-state index in [1.165, 1.54) is 0 Å². The molecule has 1 heterocycles. The summed E-state index contributed by atoms with van der Waals surface area (Å²) in [6.07, 6.45) is 2.14. The quantitative estimate of drug-likeness (QED) is 0.279. The molecule has 0 amide bonds. The molecule has 0 N–H and O–H groups in total. The van der Waals surface area contributed by atoms with Crippen LogP contribution in [0, 0.1) is 5.92 Å². The van der Waals surface area contributed by atoms with Gasteiger partial charge >= 0.3 is 5.97 Å². The molecule has 1 unspecified atom stereocenters. The molecule has 0 spiro atoms. The van der Waals surface area contributed by atoms with Gasteiger partial charge in [0, 0.05) is 18.2 Å². The zero-order valence-electron chi connectivity index (χ0n) is 11.8. The number of hydrogen-bond acceptors (Lipinski definition) is 3. The van der Waals surface area contributed by atoms with Crippen LogP contribution in [-0.4, -0.2) is 29.6 Å². The van der Waals surface area contributed by atoms with E-state index >= 15 is 0 Å². The van der Waals surface area contributed by atoms with Gasteiger partial charge in [0.05, 0.1) is 19.1 Å². The van der Waals surface area contributed by atoms with Gasteiger partial charge in [0.25, 0.3) is 0 Å². The smallest absolute Gasteiger partial charge is 0.309 e. The Morgan fingerprint density at radius 3 is 2.62 bits per heavy atom. The van der Waals surface area contributed by atoms with Crippen LogP contribution in [0.2, 0.25) is 6.32 Å². The lowest BCUT2D eigenvalue weighted by Crippen LogP contribution is -2.40. The molecule has 113 valence electrons. The summed E-state index contributed by atoms with van der Waals surface area (Å²) in [5.41, 5.74) is 0.524. The predicted octanol–water partition coefficient (Wildman–Crippen LogP) is 3.72. The molecule has 2 rings (SSSR count). The summed E-state index contributed by atoms with van der Waals surface area (Å²) in [5, 5.41) is 2.59. The van der Waals surface area contributed by atoms with Crippen LogP contribution >= 0.6 is 38.3 Å². The van der Waals surface area contributed by atoms with Crippen molar-refractivity contribution in [3.63, 3.8) is 0 Å². The predicted molar refractivity (Wildman–Crippen MR) is 96.1 cm³/mol. The molecule has 1 aliphatic heterocycles. The van der Waals surface area contributed by atoms with Gasteiger partial charge in [-0.1, -0.05) is 52.6 Å². The molecule has 1 saturated heterocycles. The van der Waals surface area contributed by atoms with Crippen molar-refractivity contribution in [1.82, 2.24) is 0 Å². The fourth-order valence-electron chi connectivity index (χ4n) is 2.50. The number of halogens is 2. The van der Waals surface area contributed by atoms with Crippen LogP contribution in [0.3, 0.4) is 0 Å². The van der Waals surface area contributed by atoms with Gasteiger partial charge in [-0.3, -0.25) is 4.79 Å². The maximum Gasteiger partial charge on any atom is 0.309 e. The number of carbonyl (C=O) groups is 1. The average molecular weight is 464 g/mol. The standard InChI is InChI=1S/C15H18BBrIO3/c17-11-12(10-16-18)14(19)21-15(6-8-20-9-7-15)13-4-2-1-3-5-13/h1-5,12H,6-11H2. The Morgan fingerprint density at radius 1 is 1.38 bits per heavy atom. The van der Waals surface area contributed by atoms with Crippen molar-refractivity contribution in [3.8, 4) is 0 Å². The Kier molecular flexibility index (Phi) is 7.02. The van der Waals surface area contributed by atoms with Crippen molar-refractivity contribution in [2.24, 2.45) is 5.92 Å². The first-order valence-corrected chi connectivity index (χ1v) is 9.42. The van der Waals surface area contributed by atoms with Gasteiger partial charge < -0.3 is 9.47 Å². The lowest BCUT2D eigenvalue weighted by molar-refractivity contribution is -0.175. The minimum Gasteiger partial charge on any atom is -0.454 e. The molecule has 6 heteroatoms. The molecular formula is C15H18BBrIO3. The number of ether oxygens (including phenoxy) is 2. The molecule has 1 atom stereocenters. The third-order valence-corrected chi connectivity index (χ3v) is 5.08. The zero-order valence-corrected chi connectivity index (χ0v) is 15.5. The topological polar surface area (TPSA) is 35.5 Å². The lowest BCUT2D eigenvalue weighted by atomic mass is 9.85. The number of carbonyl (C=O) groups excluding carboxylic acids is 1. The summed E-state index contributed by atoms with van der Waals surface area (Å²) < 4.78 is 11.5. The number of alkyl halides is 1. The van der Waals surface area contributed by atoms with Crippen molar-refractivity contribution in [2.75, 3.05) is 18.5 Å². The number of hydrogen-bond donors (Lipinski definition) is 0. The van der Waals surface area contributed by atoms with E-state index in [0.29, 0.717) is 37.7 Å². The average Bonchev–Trinajstić information content (AvgIpc) is 2.54. The summed E-state index contributed by atoms with van der Waals surface area (Å²) in [4.78, 5) is 12.5. The van der Waals surface area contributed by atoms with Crippen molar-refractivity contribution in [2.45, 2.75) is 24.8 Å². The molecule has 0 bridgehead atoms. The fraction of sp³-hybridized carbons (Fsp3) is 0.533. The van der Waals surface area contributed by atoms with E-state index in [2.05, 4.69) is 38.3 Å². The molecule has 0 saturated carbocycles. The first kappa shape index (κ1) is 17.3. The third-order valence-electron chi connectivity index (χ3n) is 3.79. The summed E-state index contributed by atoms with van der Waals surface area (Å²) in [6, 6.07) is 10.0. The molecule has 21 heavy (non-hydrogen) atoms. The van der Waals surface area contributed by atoms with Gasteiger partial charge in [0.15, 0.2) is 0 Å². The number of rotatable bonds is 6. The van der Waals surface area contributed by atoms with E-state index in [9.17, 15) is 4.79 Å². The minimum absolute atomic E-state index is 0.134. The van der Waals surface area contributed by atoms with Gasteiger partial charge in [-0.2, -0.15) is 22.4 Å². The fourth-order valence-corrected chi connectivity index (χ4v) is 3.64. The van der Waals surface area contributed by atoms with Crippen LogP contribution in [0.25, 0.3) is 0 Å². The van der Waals surface area contributed by atoms with E-state index in [0.717, 1.165) is 5.56 Å². The van der Waals surface area contributed by atoms with Gasteiger partial charge in [0.2, 0.25) is 5.14 Å². The summed E-state index contributed by atoms with van der Waals surface area (Å²) in [5.74, 6) is -0.268. The summed E-state index contributed by atoms with van der Waals surface area (Å²) in [7, 11) is 0. The molecule has 1 aromatic rings. The third kappa shape index (κ3) is 4.45. The van der Waals surface area contributed by atoms with Gasteiger partial charge in [0.1, 0.15) is 5.60 Å². The first-order chi connectivity index (χ1) is 10.2. The molecule has 1 aromatic carbocycles. The van der Waals surface area contributed by atoms with Crippen LogP contribution in [0.5, 0.6) is 0 Å². The van der Waals surface area contributed by atoms with Crippen molar-refractivity contribution < 1.29 is 14.3 Å². The monoisotopic (exact) mass is 463 g/mol. The molecule has 1 fully saturated rings. The highest BCUT2D eigenvalue weighted by Crippen LogP contribution is 2.37. The molecule has 1 aliphatic rings. The summed E-state index contributed by atoms with van der Waals surface area (Å²) >= 11 is 5.58. The summed E-state index contributed by atoms with van der Waals surface area (Å²) in [6.45, 7) is 1.25. The zero-order chi connectivity index (χ0) is 15.1. The normalized spacial score (nSPS) is 18.8. The Labute approximate surface area is 148 Å². The van der Waals surface area contributed by atoms with Crippen molar-refractivity contribution in [1.29, 1.82) is 0 Å². The molecular weight excluding hydrogens is 446 g/mol. The molecule has 3 nitrogen and oxygen atoms in total. The van der Waals surface area contributed by atoms with E-state index in [4.69, 9.17) is 9.47 Å². The van der Waals surface area contributed by atoms with Gasteiger partial charge in [-0.15, -0.1) is 0 Å². The largest absolute Gasteiger partial charge is 0.454 e. The minimum atomic E-state index is -0.539. The highest BCUT2D eigenvalue weighted by atomic mass is 127.